The molecule has 0 aliphatic rings. The number of hydrogen-bond acceptors (Lipinski definition) is 5. The minimum Gasteiger partial charge on any atom is -0.505 e. The van der Waals surface area contributed by atoms with Crippen LogP contribution in [0.4, 0.5) is 0 Å². The Hall–Kier alpha value is -3.42. The lowest BCUT2D eigenvalue weighted by molar-refractivity contribution is -0.137. The topological polar surface area (TPSA) is 123 Å². The molecule has 0 aliphatic heterocycles. The number of primary amides is 1. The zero-order chi connectivity index (χ0) is 23.1. The molecule has 0 saturated carbocycles. The van der Waals surface area contributed by atoms with Crippen LogP contribution in [0.25, 0.3) is 16.7 Å². The molecule has 8 heteroatoms. The lowest BCUT2D eigenvalue weighted by atomic mass is 10.0. The Morgan fingerprint density at radius 2 is 1.75 bits per heavy atom. The molecule has 32 heavy (non-hydrogen) atoms. The van der Waals surface area contributed by atoms with Crippen molar-refractivity contribution in [2.24, 2.45) is 5.73 Å². The van der Waals surface area contributed by atoms with Crippen LogP contribution in [0.15, 0.2) is 30.3 Å². The summed E-state index contributed by atoms with van der Waals surface area (Å²) in [5.41, 5.74) is 9.39. The highest BCUT2D eigenvalue weighted by molar-refractivity contribution is 6.34. The number of unbranched alkanes of at least 4 members (excludes halogenated alkanes) is 5. The molecule has 0 spiro atoms. The van der Waals surface area contributed by atoms with Crippen molar-refractivity contribution in [1.82, 2.24) is 20.3 Å². The maximum Gasteiger partial charge on any atom is 0.309 e. The highest BCUT2D eigenvalue weighted by Gasteiger charge is 2.16. The second-order valence-electron chi connectivity index (χ2n) is 8.17. The SMILES string of the molecule is CCCCCCCCc1ccc2nn(-c3cc(C)cc(CNC(=O)C(N)=O)c3O)nc2c1. The molecule has 3 rings (SSSR count). The number of phenolic OH excluding ortho intramolecular Hbond substituents is 1. The fourth-order valence-electron chi connectivity index (χ4n) is 3.72. The van der Waals surface area contributed by atoms with E-state index in [1.54, 1.807) is 12.1 Å². The number of nitrogens with one attached hydrogen (secondary N) is 1. The molecule has 1 heterocycles. The number of phenols is 1. The predicted molar refractivity (Wildman–Crippen MR) is 123 cm³/mol. The van der Waals surface area contributed by atoms with E-state index in [4.69, 9.17) is 5.73 Å². The van der Waals surface area contributed by atoms with E-state index in [2.05, 4.69) is 28.5 Å². The summed E-state index contributed by atoms with van der Waals surface area (Å²) in [6.45, 7) is 4.05. The normalized spacial score (nSPS) is 11.1. The highest BCUT2D eigenvalue weighted by atomic mass is 16.3. The third-order valence-electron chi connectivity index (χ3n) is 5.46. The number of aryl methyl sites for hydroxylation is 2. The van der Waals surface area contributed by atoms with E-state index in [-0.39, 0.29) is 12.3 Å². The van der Waals surface area contributed by atoms with Crippen LogP contribution in [0.5, 0.6) is 5.75 Å². The molecule has 0 unspecified atom stereocenters. The van der Waals surface area contributed by atoms with Crippen LogP contribution >= 0.6 is 0 Å². The van der Waals surface area contributed by atoms with E-state index in [1.165, 1.54) is 42.5 Å². The van der Waals surface area contributed by atoms with Gasteiger partial charge in [-0.25, -0.2) is 0 Å². The molecule has 3 aromatic rings. The molecular formula is C24H31N5O3. The summed E-state index contributed by atoms with van der Waals surface area (Å²) in [5.74, 6) is -2.05. The molecule has 0 atom stereocenters. The number of carbonyl (C=O) groups excluding carboxylic acids is 2. The van der Waals surface area contributed by atoms with Gasteiger partial charge in [-0.2, -0.15) is 0 Å². The number of carbonyl (C=O) groups is 2. The second kappa shape index (κ2) is 10.7. The average Bonchev–Trinajstić information content (AvgIpc) is 3.19. The molecule has 4 N–H and O–H groups in total. The molecule has 0 aliphatic carbocycles. The summed E-state index contributed by atoms with van der Waals surface area (Å²) < 4.78 is 0. The van der Waals surface area contributed by atoms with Crippen molar-refractivity contribution in [1.29, 1.82) is 0 Å². The van der Waals surface area contributed by atoms with Crippen LogP contribution < -0.4 is 11.1 Å². The van der Waals surface area contributed by atoms with E-state index in [1.807, 2.05) is 19.1 Å². The van der Waals surface area contributed by atoms with Crippen LogP contribution in [0.1, 0.15) is 62.1 Å². The first kappa shape index (κ1) is 23.2. The quantitative estimate of drug-likeness (QED) is 0.331. The number of hydrogen-bond donors (Lipinski definition) is 3. The predicted octanol–water partition coefficient (Wildman–Crippen LogP) is 3.44. The van der Waals surface area contributed by atoms with Gasteiger partial charge in [0.2, 0.25) is 0 Å². The van der Waals surface area contributed by atoms with Gasteiger partial charge in [0.15, 0.2) is 0 Å². The van der Waals surface area contributed by atoms with Crippen molar-refractivity contribution >= 4 is 22.8 Å². The third kappa shape index (κ3) is 5.84. The standard InChI is InChI=1S/C24H31N5O3/c1-3-4-5-6-7-8-9-17-10-11-19-20(14-17)28-29(27-19)21-13-16(2)12-18(22(21)30)15-26-24(32)23(25)31/h10-14,30H,3-9,15H2,1-2H3,(H2,25,31)(H,26,32). The molecule has 0 bridgehead atoms. The average molecular weight is 438 g/mol. The van der Waals surface area contributed by atoms with Crippen molar-refractivity contribution < 1.29 is 14.7 Å². The Morgan fingerprint density at radius 3 is 2.50 bits per heavy atom. The number of amides is 2. The second-order valence-corrected chi connectivity index (χ2v) is 8.17. The number of fused-ring (bicyclic) bond motifs is 1. The molecule has 2 aromatic carbocycles. The van der Waals surface area contributed by atoms with Crippen LogP contribution in [-0.4, -0.2) is 31.9 Å². The molecule has 2 amide bonds. The van der Waals surface area contributed by atoms with E-state index >= 15 is 0 Å². The number of nitrogens with zero attached hydrogens (tertiary/aromatic N) is 3. The van der Waals surface area contributed by atoms with Crippen molar-refractivity contribution in [2.75, 3.05) is 0 Å². The molecule has 0 radical (unpaired) electrons. The molecule has 8 nitrogen and oxygen atoms in total. The Morgan fingerprint density at radius 1 is 1.03 bits per heavy atom. The highest BCUT2D eigenvalue weighted by Crippen LogP contribution is 2.28. The maximum absolute atomic E-state index is 11.5. The van der Waals surface area contributed by atoms with Gasteiger partial charge >= 0.3 is 11.8 Å². The van der Waals surface area contributed by atoms with Gasteiger partial charge in [-0.3, -0.25) is 9.59 Å². The summed E-state index contributed by atoms with van der Waals surface area (Å²) in [4.78, 5) is 23.8. The van der Waals surface area contributed by atoms with Gasteiger partial charge in [0.25, 0.3) is 0 Å². The van der Waals surface area contributed by atoms with E-state index in [9.17, 15) is 14.7 Å². The molecule has 0 fully saturated rings. The van der Waals surface area contributed by atoms with Gasteiger partial charge in [0.1, 0.15) is 22.5 Å². The lowest BCUT2D eigenvalue weighted by Gasteiger charge is -2.11. The molecule has 0 saturated heterocycles. The van der Waals surface area contributed by atoms with Gasteiger partial charge < -0.3 is 16.2 Å². The Kier molecular flexibility index (Phi) is 7.81. The first-order valence-corrected chi connectivity index (χ1v) is 11.2. The number of benzene rings is 2. The van der Waals surface area contributed by atoms with Gasteiger partial charge in [-0.05, 0) is 49.1 Å². The van der Waals surface area contributed by atoms with E-state index in [0.717, 1.165) is 29.4 Å². The smallest absolute Gasteiger partial charge is 0.309 e. The summed E-state index contributed by atoms with van der Waals surface area (Å²) in [5, 5.41) is 22.2. The largest absolute Gasteiger partial charge is 0.505 e. The number of nitrogens with two attached hydrogens (primary N) is 1. The first-order valence-electron chi connectivity index (χ1n) is 11.2. The van der Waals surface area contributed by atoms with Crippen LogP contribution in [0, 0.1) is 6.92 Å². The van der Waals surface area contributed by atoms with E-state index in [0.29, 0.717) is 11.3 Å². The number of rotatable bonds is 10. The Balaban J connectivity index is 1.76. The summed E-state index contributed by atoms with van der Waals surface area (Å²) in [7, 11) is 0. The Labute approximate surface area is 187 Å². The van der Waals surface area contributed by atoms with E-state index < -0.39 is 11.8 Å². The first-order chi connectivity index (χ1) is 15.4. The van der Waals surface area contributed by atoms with Crippen molar-refractivity contribution in [3.63, 3.8) is 0 Å². The zero-order valence-corrected chi connectivity index (χ0v) is 18.7. The van der Waals surface area contributed by atoms with Crippen LogP contribution in [0.3, 0.4) is 0 Å². The van der Waals surface area contributed by atoms with Gasteiger partial charge in [-0.15, -0.1) is 15.0 Å². The monoisotopic (exact) mass is 437 g/mol. The number of aromatic hydroxyl groups is 1. The zero-order valence-electron chi connectivity index (χ0n) is 18.7. The van der Waals surface area contributed by atoms with Gasteiger partial charge in [0, 0.05) is 12.1 Å². The molecule has 170 valence electrons. The summed E-state index contributed by atoms with van der Waals surface area (Å²) >= 11 is 0. The van der Waals surface area contributed by atoms with Crippen molar-refractivity contribution in [2.45, 2.75) is 65.3 Å². The fraction of sp³-hybridized carbons (Fsp3) is 0.417. The van der Waals surface area contributed by atoms with Crippen LogP contribution in [-0.2, 0) is 22.6 Å². The minimum absolute atomic E-state index is 0.0362. The lowest BCUT2D eigenvalue weighted by Crippen LogP contribution is -2.35. The van der Waals surface area contributed by atoms with Crippen LogP contribution in [0.2, 0.25) is 0 Å². The van der Waals surface area contributed by atoms with Gasteiger partial charge in [-0.1, -0.05) is 51.2 Å². The van der Waals surface area contributed by atoms with Crippen molar-refractivity contribution in [3.8, 4) is 11.4 Å². The molecule has 1 aromatic heterocycles. The molecular weight excluding hydrogens is 406 g/mol. The minimum atomic E-state index is -1.07. The summed E-state index contributed by atoms with van der Waals surface area (Å²) in [6, 6.07) is 9.57. The number of aromatic nitrogens is 3. The Bertz CT molecular complexity index is 1110. The maximum atomic E-state index is 11.5. The van der Waals surface area contributed by atoms with Crippen molar-refractivity contribution in [3.05, 3.63) is 47.0 Å². The fourth-order valence-corrected chi connectivity index (χ4v) is 3.72. The summed E-state index contributed by atoms with van der Waals surface area (Å²) in [6.07, 6.45) is 8.54. The third-order valence-corrected chi connectivity index (χ3v) is 5.46. The van der Waals surface area contributed by atoms with Gasteiger partial charge in [0.05, 0.1) is 0 Å².